The minimum absolute atomic E-state index is 0.307. The molecule has 0 heterocycles. The van der Waals surface area contributed by atoms with Gasteiger partial charge >= 0.3 is 0 Å². The molecule has 120 valence electrons. The average molecular weight is 322 g/mol. The van der Waals surface area contributed by atoms with Crippen LogP contribution < -0.4 is 9.46 Å². The summed E-state index contributed by atoms with van der Waals surface area (Å²) in [5, 5.41) is 8.54. The SMILES string of the molecule is CCC(NS(=O)(=O)CC#N)c1ccc(OC2CCCC2)cc1. The van der Waals surface area contributed by atoms with Crippen molar-refractivity contribution >= 4 is 10.0 Å². The molecule has 1 fully saturated rings. The van der Waals surface area contributed by atoms with Gasteiger partial charge in [0.25, 0.3) is 0 Å². The highest BCUT2D eigenvalue weighted by Gasteiger charge is 2.19. The highest BCUT2D eigenvalue weighted by atomic mass is 32.2. The molecule has 6 heteroatoms. The summed E-state index contributed by atoms with van der Waals surface area (Å²) in [6.45, 7) is 1.91. The Kier molecular flexibility index (Phi) is 5.81. The smallest absolute Gasteiger partial charge is 0.225 e. The van der Waals surface area contributed by atoms with Gasteiger partial charge in [-0.3, -0.25) is 0 Å². The number of benzene rings is 1. The number of hydrogen-bond donors (Lipinski definition) is 1. The Bertz CT molecular complexity index is 614. The molecule has 1 N–H and O–H groups in total. The Labute approximate surface area is 132 Å². The summed E-state index contributed by atoms with van der Waals surface area (Å²) in [5.74, 6) is 0.303. The first kappa shape index (κ1) is 16.8. The number of nitrogens with one attached hydrogen (secondary N) is 1. The quantitative estimate of drug-likeness (QED) is 0.837. The highest BCUT2D eigenvalue weighted by molar-refractivity contribution is 7.89. The fourth-order valence-electron chi connectivity index (χ4n) is 2.71. The van der Waals surface area contributed by atoms with Gasteiger partial charge in [0.2, 0.25) is 10.0 Å². The van der Waals surface area contributed by atoms with E-state index in [1.54, 1.807) is 6.07 Å². The number of nitrogens with zero attached hydrogens (tertiary/aromatic N) is 1. The second kappa shape index (κ2) is 7.61. The molecule has 1 unspecified atom stereocenters. The molecule has 1 aromatic carbocycles. The molecule has 1 atom stereocenters. The Balaban J connectivity index is 2.02. The zero-order valence-electron chi connectivity index (χ0n) is 12.8. The van der Waals surface area contributed by atoms with Crippen molar-refractivity contribution in [3.8, 4) is 11.8 Å². The maximum absolute atomic E-state index is 11.7. The van der Waals surface area contributed by atoms with E-state index in [9.17, 15) is 8.42 Å². The first-order valence-electron chi connectivity index (χ1n) is 7.67. The van der Waals surface area contributed by atoms with Gasteiger partial charge in [-0.2, -0.15) is 5.26 Å². The van der Waals surface area contributed by atoms with Gasteiger partial charge in [0.1, 0.15) is 5.75 Å². The Morgan fingerprint density at radius 2 is 1.95 bits per heavy atom. The predicted octanol–water partition coefficient (Wildman–Crippen LogP) is 2.90. The molecule has 1 aliphatic carbocycles. The Hall–Kier alpha value is -1.58. The molecule has 0 amide bonds. The normalized spacial score (nSPS) is 17.1. The molecule has 22 heavy (non-hydrogen) atoms. The van der Waals surface area contributed by atoms with E-state index in [1.807, 2.05) is 31.2 Å². The lowest BCUT2D eigenvalue weighted by atomic mass is 10.1. The zero-order valence-corrected chi connectivity index (χ0v) is 13.6. The van der Waals surface area contributed by atoms with Crippen LogP contribution in [-0.4, -0.2) is 20.3 Å². The van der Waals surface area contributed by atoms with Gasteiger partial charge in [-0.15, -0.1) is 0 Å². The predicted molar refractivity (Wildman–Crippen MR) is 84.9 cm³/mol. The summed E-state index contributed by atoms with van der Waals surface area (Å²) < 4.78 is 31.9. The molecule has 0 saturated heterocycles. The lowest BCUT2D eigenvalue weighted by Crippen LogP contribution is -2.30. The third-order valence-electron chi connectivity index (χ3n) is 3.87. The van der Waals surface area contributed by atoms with Gasteiger partial charge in [-0.1, -0.05) is 19.1 Å². The minimum Gasteiger partial charge on any atom is -0.490 e. The first-order chi connectivity index (χ1) is 10.5. The van der Waals surface area contributed by atoms with E-state index >= 15 is 0 Å². The van der Waals surface area contributed by atoms with Crippen molar-refractivity contribution in [2.45, 2.75) is 51.2 Å². The van der Waals surface area contributed by atoms with E-state index in [0.717, 1.165) is 24.2 Å². The van der Waals surface area contributed by atoms with Gasteiger partial charge in [0.15, 0.2) is 5.75 Å². The summed E-state index contributed by atoms with van der Waals surface area (Å²) in [4.78, 5) is 0. The van der Waals surface area contributed by atoms with Crippen LogP contribution in [0.1, 0.15) is 50.6 Å². The number of rotatable bonds is 7. The van der Waals surface area contributed by atoms with E-state index in [2.05, 4.69) is 4.72 Å². The monoisotopic (exact) mass is 322 g/mol. The van der Waals surface area contributed by atoms with E-state index in [0.29, 0.717) is 12.5 Å². The van der Waals surface area contributed by atoms with Crippen molar-refractivity contribution in [3.05, 3.63) is 29.8 Å². The largest absolute Gasteiger partial charge is 0.490 e. The van der Waals surface area contributed by atoms with Crippen molar-refractivity contribution in [1.29, 1.82) is 5.26 Å². The summed E-state index contributed by atoms with van der Waals surface area (Å²) >= 11 is 0. The summed E-state index contributed by atoms with van der Waals surface area (Å²) in [7, 11) is -3.56. The number of nitriles is 1. The number of ether oxygens (including phenoxy) is 1. The molecule has 1 aromatic rings. The van der Waals surface area contributed by atoms with Crippen molar-refractivity contribution in [2.75, 3.05) is 5.75 Å². The van der Waals surface area contributed by atoms with Crippen LogP contribution in [-0.2, 0) is 10.0 Å². The van der Waals surface area contributed by atoms with Crippen LogP contribution in [0.4, 0.5) is 0 Å². The molecule has 0 aliphatic heterocycles. The molecular weight excluding hydrogens is 300 g/mol. The van der Waals surface area contributed by atoms with Gasteiger partial charge in [0, 0.05) is 6.04 Å². The summed E-state index contributed by atoms with van der Waals surface area (Å²) in [6.07, 6.45) is 5.58. The van der Waals surface area contributed by atoms with E-state index in [4.69, 9.17) is 10.00 Å². The highest BCUT2D eigenvalue weighted by Crippen LogP contribution is 2.26. The zero-order chi connectivity index (χ0) is 16.0. The van der Waals surface area contributed by atoms with Crippen molar-refractivity contribution in [1.82, 2.24) is 4.72 Å². The summed E-state index contributed by atoms with van der Waals surface area (Å²) in [6, 6.07) is 8.88. The van der Waals surface area contributed by atoms with Crippen LogP contribution in [0.3, 0.4) is 0 Å². The Morgan fingerprint density at radius 3 is 2.50 bits per heavy atom. The average Bonchev–Trinajstić information content (AvgIpc) is 2.99. The molecule has 1 aliphatic rings. The van der Waals surface area contributed by atoms with Crippen molar-refractivity contribution < 1.29 is 13.2 Å². The van der Waals surface area contributed by atoms with Gasteiger partial charge in [0.05, 0.1) is 12.2 Å². The molecular formula is C16H22N2O3S. The van der Waals surface area contributed by atoms with Crippen molar-refractivity contribution in [3.63, 3.8) is 0 Å². The fourth-order valence-corrected chi connectivity index (χ4v) is 3.70. The topological polar surface area (TPSA) is 79.2 Å². The van der Waals surface area contributed by atoms with Crippen molar-refractivity contribution in [2.24, 2.45) is 0 Å². The van der Waals surface area contributed by atoms with Crippen LogP contribution >= 0.6 is 0 Å². The molecule has 0 aromatic heterocycles. The lowest BCUT2D eigenvalue weighted by Gasteiger charge is -2.18. The van der Waals surface area contributed by atoms with Crippen LogP contribution in [0.2, 0.25) is 0 Å². The fraction of sp³-hybridized carbons (Fsp3) is 0.562. The van der Waals surface area contributed by atoms with E-state index in [1.165, 1.54) is 12.8 Å². The van der Waals surface area contributed by atoms with Crippen LogP contribution in [0, 0.1) is 11.3 Å². The molecule has 0 bridgehead atoms. The number of sulfonamides is 1. The Morgan fingerprint density at radius 1 is 1.32 bits per heavy atom. The number of hydrogen-bond acceptors (Lipinski definition) is 4. The third-order valence-corrected chi connectivity index (χ3v) is 5.02. The van der Waals surface area contributed by atoms with Gasteiger partial charge in [-0.05, 0) is 49.8 Å². The van der Waals surface area contributed by atoms with E-state index in [-0.39, 0.29) is 6.04 Å². The minimum atomic E-state index is -3.56. The molecule has 2 rings (SSSR count). The first-order valence-corrected chi connectivity index (χ1v) is 9.33. The second-order valence-corrected chi connectivity index (χ2v) is 7.34. The second-order valence-electron chi connectivity index (χ2n) is 5.59. The standard InChI is InChI=1S/C16H22N2O3S/c1-2-16(18-22(19,20)12-11-17)13-7-9-15(10-8-13)21-14-5-3-4-6-14/h7-10,14,16,18H,2-6,12H2,1H3. The van der Waals surface area contributed by atoms with Crippen LogP contribution in [0.15, 0.2) is 24.3 Å². The molecule has 5 nitrogen and oxygen atoms in total. The summed E-state index contributed by atoms with van der Waals surface area (Å²) in [5.41, 5.74) is 0.878. The lowest BCUT2D eigenvalue weighted by molar-refractivity contribution is 0.210. The maximum Gasteiger partial charge on any atom is 0.225 e. The van der Waals surface area contributed by atoms with E-state index < -0.39 is 15.8 Å². The third kappa shape index (κ3) is 4.72. The van der Waals surface area contributed by atoms with Gasteiger partial charge in [-0.25, -0.2) is 13.1 Å². The maximum atomic E-state index is 11.7. The molecule has 0 radical (unpaired) electrons. The molecule has 1 saturated carbocycles. The molecule has 0 spiro atoms. The van der Waals surface area contributed by atoms with Crippen LogP contribution in [0.25, 0.3) is 0 Å². The van der Waals surface area contributed by atoms with Gasteiger partial charge < -0.3 is 4.74 Å². The van der Waals surface area contributed by atoms with Crippen LogP contribution in [0.5, 0.6) is 5.75 Å².